The predicted octanol–water partition coefficient (Wildman–Crippen LogP) is 1.67. The van der Waals surface area contributed by atoms with E-state index in [1.807, 2.05) is 33.4 Å². The summed E-state index contributed by atoms with van der Waals surface area (Å²) in [5.74, 6) is 6.73. The Bertz CT molecular complexity index is 397. The summed E-state index contributed by atoms with van der Waals surface area (Å²) in [7, 11) is 0. The van der Waals surface area contributed by atoms with Crippen molar-refractivity contribution in [3.63, 3.8) is 0 Å². The third-order valence-electron chi connectivity index (χ3n) is 6.06. The molecule has 3 fully saturated rings. The van der Waals surface area contributed by atoms with Crippen molar-refractivity contribution in [3.05, 3.63) is 33.4 Å². The van der Waals surface area contributed by atoms with Crippen LogP contribution < -0.4 is 0 Å². The third kappa shape index (κ3) is 0.123. The second-order valence-electron chi connectivity index (χ2n) is 5.64. The Balaban J connectivity index is 2.01. The highest BCUT2D eigenvalue weighted by atomic mass is 14.9. The number of allylic oxidation sites excluding steroid dienone is 6. The average molecular weight is 150 g/mol. The van der Waals surface area contributed by atoms with Crippen LogP contribution in [0, 0.1) is 35.5 Å². The monoisotopic (exact) mass is 150 g/mol. The molecule has 0 aromatic heterocycles. The molecule has 54 valence electrons. The largest absolute Gasteiger partial charge is 0.0360 e. The number of hydrogen-bond acceptors (Lipinski definition) is 0. The van der Waals surface area contributed by atoms with Crippen molar-refractivity contribution >= 4 is 0 Å². The van der Waals surface area contributed by atoms with E-state index >= 15 is 0 Å². The highest BCUT2D eigenvalue weighted by Crippen LogP contribution is 2.94. The van der Waals surface area contributed by atoms with E-state index in [0.717, 1.165) is 35.5 Å². The van der Waals surface area contributed by atoms with Gasteiger partial charge in [0.1, 0.15) is 0 Å². The van der Waals surface area contributed by atoms with Gasteiger partial charge in [0.2, 0.25) is 0 Å². The molecule has 6 aliphatic carbocycles. The minimum Gasteiger partial charge on any atom is -0.0360 e. The summed E-state index contributed by atoms with van der Waals surface area (Å²) >= 11 is 0. The van der Waals surface area contributed by atoms with Crippen molar-refractivity contribution in [2.75, 3.05) is 0 Å². The zero-order valence-electron chi connectivity index (χ0n) is 6.46. The normalized spacial score (nSPS) is 72.0. The number of hydrogen-bond donors (Lipinski definition) is 0. The van der Waals surface area contributed by atoms with Gasteiger partial charge in [-0.05, 0) is 68.9 Å². The molecule has 0 N–H and O–H groups in total. The Morgan fingerprint density at radius 3 is 0.667 bits per heavy atom. The van der Waals surface area contributed by atoms with E-state index in [1.165, 1.54) is 0 Å². The van der Waals surface area contributed by atoms with Gasteiger partial charge < -0.3 is 0 Å². The van der Waals surface area contributed by atoms with Crippen LogP contribution in [0.3, 0.4) is 0 Å². The van der Waals surface area contributed by atoms with Crippen LogP contribution in [0.4, 0.5) is 0 Å². The molecule has 0 aliphatic heterocycles. The van der Waals surface area contributed by atoms with Gasteiger partial charge in [-0.1, -0.05) is 0 Å². The van der Waals surface area contributed by atoms with Crippen molar-refractivity contribution in [2.24, 2.45) is 35.5 Å². The molecule has 0 heterocycles. The van der Waals surface area contributed by atoms with Crippen LogP contribution in [0.1, 0.15) is 0 Å². The Labute approximate surface area is 69.6 Å². The van der Waals surface area contributed by atoms with Crippen LogP contribution in [0.25, 0.3) is 0 Å². The van der Waals surface area contributed by atoms with Gasteiger partial charge in [0.25, 0.3) is 0 Å². The van der Waals surface area contributed by atoms with Crippen molar-refractivity contribution in [1.29, 1.82) is 0 Å². The fourth-order valence-corrected chi connectivity index (χ4v) is 5.94. The van der Waals surface area contributed by atoms with Crippen LogP contribution in [0.2, 0.25) is 0 Å². The molecule has 6 rings (SSSR count). The molecule has 0 heteroatoms. The van der Waals surface area contributed by atoms with Crippen molar-refractivity contribution in [3.8, 4) is 0 Å². The number of rotatable bonds is 0. The molecule has 0 atom stereocenters. The molecule has 0 aromatic carbocycles. The van der Waals surface area contributed by atoms with Crippen molar-refractivity contribution < 1.29 is 0 Å². The summed E-state index contributed by atoms with van der Waals surface area (Å²) in [6.07, 6.45) is 0. The Morgan fingerprint density at radius 1 is 0.333 bits per heavy atom. The zero-order valence-corrected chi connectivity index (χ0v) is 6.46. The minimum atomic E-state index is 1.12. The molecular weight excluding hydrogens is 144 g/mol. The lowest BCUT2D eigenvalue weighted by Crippen LogP contribution is -2.80. The van der Waals surface area contributed by atoms with Crippen molar-refractivity contribution in [1.82, 2.24) is 0 Å². The van der Waals surface area contributed by atoms with Gasteiger partial charge >= 0.3 is 0 Å². The van der Waals surface area contributed by atoms with E-state index in [4.69, 9.17) is 0 Å². The molecule has 12 heavy (non-hydrogen) atoms. The summed E-state index contributed by atoms with van der Waals surface area (Å²) in [4.78, 5) is 0. The third-order valence-corrected chi connectivity index (χ3v) is 6.06. The lowest BCUT2D eigenvalue weighted by Gasteiger charge is -2.88. The Hall–Kier alpha value is -0.780. The molecule has 0 saturated heterocycles. The van der Waals surface area contributed by atoms with E-state index in [-0.39, 0.29) is 0 Å². The van der Waals surface area contributed by atoms with E-state index in [0.29, 0.717) is 0 Å². The first-order valence-electron chi connectivity index (χ1n) is 5.23. The first-order chi connectivity index (χ1) is 6.00. The molecule has 3 saturated carbocycles. The standard InChI is InChI=1S/C12H6/c1-2-5-3(1)7-9(5)12-10-6(2)4(1)8(10)11(7)12/h1,3-4,7-8,11H. The molecule has 0 amide bonds. The topological polar surface area (TPSA) is 0 Å². The smallest absolute Gasteiger partial charge is 0.000572 e. The van der Waals surface area contributed by atoms with Crippen molar-refractivity contribution in [2.45, 2.75) is 0 Å². The van der Waals surface area contributed by atoms with Crippen LogP contribution in [-0.2, 0) is 0 Å². The van der Waals surface area contributed by atoms with E-state index in [1.54, 1.807) is 0 Å². The minimum absolute atomic E-state index is 1.12. The van der Waals surface area contributed by atoms with Gasteiger partial charge in [0.15, 0.2) is 0 Å². The summed E-state index contributed by atoms with van der Waals surface area (Å²) in [6.45, 7) is 0. The lowest BCUT2D eigenvalue weighted by atomic mass is 9.15. The van der Waals surface area contributed by atoms with Gasteiger partial charge in [-0.2, -0.15) is 0 Å². The highest BCUT2D eigenvalue weighted by Gasteiger charge is 2.86. The summed E-state index contributed by atoms with van der Waals surface area (Å²) < 4.78 is 0. The molecule has 0 nitrogen and oxygen atoms in total. The average Bonchev–Trinajstić information content (AvgIpc) is 1.69. The summed E-state index contributed by atoms with van der Waals surface area (Å²) in [6, 6.07) is 0. The van der Waals surface area contributed by atoms with Crippen LogP contribution >= 0.6 is 0 Å². The fraction of sp³-hybridized carbons (Fsp3) is 0.500. The maximum atomic E-state index is 1.88. The molecule has 6 aliphatic rings. The molecular formula is C12H6. The SMILES string of the molecule is C12=C3C4=C5C6=C1C1C2C3C4C5C61. The first kappa shape index (κ1) is 3.95. The molecule has 0 bridgehead atoms. The van der Waals surface area contributed by atoms with Crippen LogP contribution in [-0.4, -0.2) is 0 Å². The molecule has 0 aromatic rings. The van der Waals surface area contributed by atoms with Gasteiger partial charge in [-0.25, -0.2) is 0 Å². The van der Waals surface area contributed by atoms with Gasteiger partial charge in [-0.15, -0.1) is 0 Å². The molecule has 0 unspecified atom stereocenters. The Morgan fingerprint density at radius 2 is 0.500 bits per heavy atom. The highest BCUT2D eigenvalue weighted by molar-refractivity contribution is 5.91. The van der Waals surface area contributed by atoms with E-state index in [9.17, 15) is 0 Å². The summed E-state index contributed by atoms with van der Waals surface area (Å²) in [5, 5.41) is 0. The van der Waals surface area contributed by atoms with Crippen LogP contribution in [0.5, 0.6) is 0 Å². The predicted molar refractivity (Wildman–Crippen MR) is 42.0 cm³/mol. The van der Waals surface area contributed by atoms with Crippen LogP contribution in [0.15, 0.2) is 33.4 Å². The maximum absolute atomic E-state index is 1.88. The maximum Gasteiger partial charge on any atom is -0.000572 e. The second kappa shape index (κ2) is 0.700. The quantitative estimate of drug-likeness (QED) is 0.461. The van der Waals surface area contributed by atoms with Gasteiger partial charge in [0.05, 0.1) is 0 Å². The summed E-state index contributed by atoms with van der Waals surface area (Å²) in [5.41, 5.74) is 11.3. The second-order valence-corrected chi connectivity index (χ2v) is 5.64. The first-order valence-corrected chi connectivity index (χ1v) is 5.23. The Kier molecular flexibility index (Phi) is 0.231. The molecule has 0 spiro atoms. The van der Waals surface area contributed by atoms with Gasteiger partial charge in [0, 0.05) is 0 Å². The molecule has 0 radical (unpaired) electrons. The zero-order chi connectivity index (χ0) is 6.93. The number of fused-ring (bicyclic) bond motifs is 15. The van der Waals surface area contributed by atoms with E-state index < -0.39 is 0 Å². The fourth-order valence-electron chi connectivity index (χ4n) is 5.94. The lowest BCUT2D eigenvalue weighted by molar-refractivity contribution is -0.0917. The van der Waals surface area contributed by atoms with Gasteiger partial charge in [-0.3, -0.25) is 0 Å². The van der Waals surface area contributed by atoms with E-state index in [2.05, 4.69) is 0 Å².